The van der Waals surface area contributed by atoms with E-state index in [1.165, 1.54) is 4.90 Å². The number of amides is 2. The van der Waals surface area contributed by atoms with E-state index in [9.17, 15) is 9.59 Å². The third kappa shape index (κ3) is 2.36. The summed E-state index contributed by atoms with van der Waals surface area (Å²) in [4.78, 5) is 24.8. The second kappa shape index (κ2) is 5.02. The molecular weight excluding hydrogens is 248 g/mol. The zero-order valence-electron chi connectivity index (χ0n) is 10.7. The first-order valence-electron chi connectivity index (χ1n) is 5.88. The minimum absolute atomic E-state index is 0.159. The topological polar surface area (TPSA) is 49.4 Å². The first-order valence-corrected chi connectivity index (χ1v) is 6.76. The lowest BCUT2D eigenvalue weighted by atomic mass is 10.1. The number of nitrogens with one attached hydrogen (secondary N) is 1. The molecule has 5 heteroatoms. The molecule has 0 radical (unpaired) electrons. The SMILES string of the molecule is CCN1C(=O)SC(Nc2cc(C)ccc2C)C1=O. The summed E-state index contributed by atoms with van der Waals surface area (Å²) in [6, 6.07) is 6.01. The van der Waals surface area contributed by atoms with Gasteiger partial charge in [0.05, 0.1) is 0 Å². The molecule has 0 saturated carbocycles. The summed E-state index contributed by atoms with van der Waals surface area (Å²) in [6.07, 6.45) is 0. The van der Waals surface area contributed by atoms with Crippen LogP contribution in [-0.2, 0) is 4.79 Å². The lowest BCUT2D eigenvalue weighted by molar-refractivity contribution is -0.126. The number of aryl methyl sites for hydroxylation is 2. The van der Waals surface area contributed by atoms with Crippen LogP contribution in [0.5, 0.6) is 0 Å². The Hall–Kier alpha value is -1.49. The second-order valence-corrected chi connectivity index (χ2v) is 5.37. The van der Waals surface area contributed by atoms with Gasteiger partial charge < -0.3 is 5.32 Å². The van der Waals surface area contributed by atoms with Crippen LogP contribution in [0.2, 0.25) is 0 Å². The number of thioether (sulfide) groups is 1. The van der Waals surface area contributed by atoms with Crippen molar-refractivity contribution < 1.29 is 9.59 Å². The number of anilines is 1. The third-order valence-corrected chi connectivity index (χ3v) is 3.90. The first kappa shape index (κ1) is 13.0. The summed E-state index contributed by atoms with van der Waals surface area (Å²) in [5.41, 5.74) is 3.10. The zero-order chi connectivity index (χ0) is 13.3. The number of carbonyl (C=O) groups excluding carboxylic acids is 2. The van der Waals surface area contributed by atoms with Gasteiger partial charge in [-0.15, -0.1) is 0 Å². The quantitative estimate of drug-likeness (QED) is 0.912. The minimum atomic E-state index is -0.502. The molecule has 0 spiro atoms. The Morgan fingerprint density at radius 1 is 1.33 bits per heavy atom. The molecule has 1 aromatic rings. The van der Waals surface area contributed by atoms with Crippen LogP contribution in [0.1, 0.15) is 18.1 Å². The monoisotopic (exact) mass is 264 g/mol. The minimum Gasteiger partial charge on any atom is -0.365 e. The number of carbonyl (C=O) groups is 2. The fraction of sp³-hybridized carbons (Fsp3) is 0.385. The molecule has 1 N–H and O–H groups in total. The lowest BCUT2D eigenvalue weighted by Gasteiger charge is -2.15. The fourth-order valence-electron chi connectivity index (χ4n) is 1.86. The predicted octanol–water partition coefficient (Wildman–Crippen LogP) is 2.76. The summed E-state index contributed by atoms with van der Waals surface area (Å²) < 4.78 is 0. The van der Waals surface area contributed by atoms with E-state index in [1.807, 2.05) is 32.0 Å². The standard InChI is InChI=1S/C13H16N2O2S/c1-4-15-12(16)11(18-13(15)17)14-10-7-8(2)5-6-9(10)3/h5-7,11,14H,4H2,1-3H3. The Balaban J connectivity index is 2.18. The summed E-state index contributed by atoms with van der Waals surface area (Å²) in [5, 5.41) is 2.47. The van der Waals surface area contributed by atoms with Crippen molar-refractivity contribution in [1.82, 2.24) is 4.90 Å². The van der Waals surface area contributed by atoms with Crippen LogP contribution in [0, 0.1) is 13.8 Å². The van der Waals surface area contributed by atoms with Gasteiger partial charge >= 0.3 is 0 Å². The summed E-state index contributed by atoms with van der Waals surface area (Å²) >= 11 is 1.04. The number of hydrogen-bond acceptors (Lipinski definition) is 4. The third-order valence-electron chi connectivity index (χ3n) is 2.93. The van der Waals surface area contributed by atoms with Crippen LogP contribution in [0.4, 0.5) is 10.5 Å². The first-order chi connectivity index (χ1) is 8.52. The molecule has 1 fully saturated rings. The molecular formula is C13H16N2O2S. The maximum Gasteiger partial charge on any atom is 0.290 e. The molecule has 2 rings (SSSR count). The van der Waals surface area contributed by atoms with Crippen molar-refractivity contribution in [2.45, 2.75) is 26.1 Å². The van der Waals surface area contributed by atoms with Gasteiger partial charge in [0.15, 0.2) is 5.37 Å². The highest BCUT2D eigenvalue weighted by molar-refractivity contribution is 8.15. The van der Waals surface area contributed by atoms with E-state index in [2.05, 4.69) is 5.32 Å². The molecule has 1 aromatic carbocycles. The van der Waals surface area contributed by atoms with Crippen LogP contribution >= 0.6 is 11.8 Å². The van der Waals surface area contributed by atoms with Crippen molar-refractivity contribution >= 4 is 28.6 Å². The highest BCUT2D eigenvalue weighted by Crippen LogP contribution is 2.29. The second-order valence-electron chi connectivity index (χ2n) is 4.31. The van der Waals surface area contributed by atoms with Gasteiger partial charge in [-0.05, 0) is 49.7 Å². The molecule has 0 aromatic heterocycles. The van der Waals surface area contributed by atoms with Crippen LogP contribution in [0.15, 0.2) is 18.2 Å². The molecule has 1 saturated heterocycles. The van der Waals surface area contributed by atoms with Gasteiger partial charge in [-0.1, -0.05) is 12.1 Å². The molecule has 0 bridgehead atoms. The number of likely N-dealkylation sites (N-methyl/N-ethyl adjacent to an activating group) is 1. The van der Waals surface area contributed by atoms with Gasteiger partial charge in [-0.3, -0.25) is 14.5 Å². The van der Waals surface area contributed by atoms with Gasteiger partial charge in [0.1, 0.15) is 0 Å². The van der Waals surface area contributed by atoms with E-state index < -0.39 is 5.37 Å². The molecule has 1 atom stereocenters. The molecule has 1 unspecified atom stereocenters. The van der Waals surface area contributed by atoms with Crippen LogP contribution in [0.25, 0.3) is 0 Å². The highest BCUT2D eigenvalue weighted by atomic mass is 32.2. The molecule has 1 aliphatic heterocycles. The average Bonchev–Trinajstić information content (AvgIpc) is 2.59. The number of nitrogens with zero attached hydrogens (tertiary/aromatic N) is 1. The fourth-order valence-corrected chi connectivity index (χ4v) is 2.82. The van der Waals surface area contributed by atoms with E-state index in [4.69, 9.17) is 0 Å². The van der Waals surface area contributed by atoms with Crippen molar-refractivity contribution in [3.05, 3.63) is 29.3 Å². The van der Waals surface area contributed by atoms with E-state index >= 15 is 0 Å². The van der Waals surface area contributed by atoms with Gasteiger partial charge in [-0.2, -0.15) is 0 Å². The molecule has 96 valence electrons. The van der Waals surface area contributed by atoms with Gasteiger partial charge in [0, 0.05) is 12.2 Å². The number of rotatable bonds is 3. The smallest absolute Gasteiger partial charge is 0.290 e. The van der Waals surface area contributed by atoms with Crippen molar-refractivity contribution in [2.24, 2.45) is 0 Å². The number of benzene rings is 1. The molecule has 2 amide bonds. The van der Waals surface area contributed by atoms with Gasteiger partial charge in [0.25, 0.3) is 11.1 Å². The van der Waals surface area contributed by atoms with E-state index in [1.54, 1.807) is 6.92 Å². The molecule has 4 nitrogen and oxygen atoms in total. The van der Waals surface area contributed by atoms with Crippen molar-refractivity contribution in [1.29, 1.82) is 0 Å². The Morgan fingerprint density at radius 2 is 2.06 bits per heavy atom. The lowest BCUT2D eigenvalue weighted by Crippen LogP contribution is -2.34. The summed E-state index contributed by atoms with van der Waals surface area (Å²) in [5.74, 6) is -0.159. The Bertz CT molecular complexity index is 502. The number of imide groups is 1. The Kier molecular flexibility index (Phi) is 3.61. The maximum absolute atomic E-state index is 12.0. The summed E-state index contributed by atoms with van der Waals surface area (Å²) in [7, 11) is 0. The molecule has 1 heterocycles. The van der Waals surface area contributed by atoms with Crippen molar-refractivity contribution in [2.75, 3.05) is 11.9 Å². The maximum atomic E-state index is 12.0. The Morgan fingerprint density at radius 3 is 2.67 bits per heavy atom. The van der Waals surface area contributed by atoms with Gasteiger partial charge in [0.2, 0.25) is 0 Å². The normalized spacial score (nSPS) is 19.5. The highest BCUT2D eigenvalue weighted by Gasteiger charge is 2.38. The van der Waals surface area contributed by atoms with E-state index in [-0.39, 0.29) is 11.1 Å². The predicted molar refractivity (Wildman–Crippen MR) is 73.7 cm³/mol. The molecule has 1 aliphatic rings. The molecule has 0 aliphatic carbocycles. The van der Waals surface area contributed by atoms with E-state index in [0.717, 1.165) is 28.6 Å². The summed E-state index contributed by atoms with van der Waals surface area (Å²) in [6.45, 7) is 6.20. The molecule has 18 heavy (non-hydrogen) atoms. The van der Waals surface area contributed by atoms with E-state index in [0.29, 0.717) is 6.54 Å². The van der Waals surface area contributed by atoms with Crippen LogP contribution in [0.3, 0.4) is 0 Å². The van der Waals surface area contributed by atoms with Gasteiger partial charge in [-0.25, -0.2) is 0 Å². The van der Waals surface area contributed by atoms with Crippen molar-refractivity contribution in [3.63, 3.8) is 0 Å². The average molecular weight is 264 g/mol. The Labute approximate surface area is 111 Å². The van der Waals surface area contributed by atoms with Crippen LogP contribution < -0.4 is 5.32 Å². The zero-order valence-corrected chi connectivity index (χ0v) is 11.5. The van der Waals surface area contributed by atoms with Crippen LogP contribution in [-0.4, -0.2) is 28.0 Å². The largest absolute Gasteiger partial charge is 0.365 e. The van der Waals surface area contributed by atoms with Crippen molar-refractivity contribution in [3.8, 4) is 0 Å². The number of hydrogen-bond donors (Lipinski definition) is 1.